The van der Waals surface area contributed by atoms with Crippen molar-refractivity contribution in [3.8, 4) is 0 Å². The lowest BCUT2D eigenvalue weighted by Gasteiger charge is -2.27. The average Bonchev–Trinajstić information content (AvgIpc) is 2.87. The van der Waals surface area contributed by atoms with Gasteiger partial charge in [-0.05, 0) is 26.7 Å². The van der Waals surface area contributed by atoms with Crippen molar-refractivity contribution in [2.45, 2.75) is 64.3 Å². The third-order valence-electron chi connectivity index (χ3n) is 3.99. The Labute approximate surface area is 126 Å². The van der Waals surface area contributed by atoms with E-state index < -0.39 is 11.9 Å². The topological polar surface area (TPSA) is 66.6 Å². The largest absolute Gasteiger partial charge is 0.370 e. The number of hydrogen-bond acceptors (Lipinski definition) is 6. The Bertz CT molecular complexity index is 408. The summed E-state index contributed by atoms with van der Waals surface area (Å²) in [6.45, 7) is 4.87. The molecule has 0 unspecified atom stereocenters. The monoisotopic (exact) mass is 298 g/mol. The third kappa shape index (κ3) is 3.81. The molecule has 1 fully saturated rings. The van der Waals surface area contributed by atoms with Crippen molar-refractivity contribution in [3.05, 3.63) is 11.7 Å². The zero-order valence-corrected chi connectivity index (χ0v) is 13.3. The maximum absolute atomic E-state index is 5.79. The fourth-order valence-corrected chi connectivity index (χ4v) is 2.83. The van der Waals surface area contributed by atoms with Crippen LogP contribution in [0.2, 0.25) is 0 Å². The first-order valence-electron chi connectivity index (χ1n) is 7.88. The van der Waals surface area contributed by atoms with Gasteiger partial charge in [0.05, 0.1) is 0 Å². The lowest BCUT2D eigenvalue weighted by atomic mass is 9.93. The molecule has 1 aliphatic rings. The summed E-state index contributed by atoms with van der Waals surface area (Å²) >= 11 is 0. The Morgan fingerprint density at radius 2 is 1.71 bits per heavy atom. The van der Waals surface area contributed by atoms with Crippen molar-refractivity contribution in [1.82, 2.24) is 10.1 Å². The van der Waals surface area contributed by atoms with Crippen LogP contribution in [0.5, 0.6) is 0 Å². The quantitative estimate of drug-likeness (QED) is 0.568. The Hall–Kier alpha value is -0.980. The fourth-order valence-electron chi connectivity index (χ4n) is 2.83. The summed E-state index contributed by atoms with van der Waals surface area (Å²) in [5, 5.41) is 4.14. The lowest BCUT2D eigenvalue weighted by molar-refractivity contribution is -0.155. The van der Waals surface area contributed by atoms with Gasteiger partial charge in [-0.2, -0.15) is 4.98 Å². The van der Waals surface area contributed by atoms with Crippen LogP contribution in [0.1, 0.15) is 70.4 Å². The maximum atomic E-state index is 5.79. The molecule has 120 valence electrons. The molecule has 1 heterocycles. The van der Waals surface area contributed by atoms with E-state index in [1.807, 2.05) is 13.8 Å². The molecule has 0 amide bonds. The second-order valence-corrected chi connectivity index (χ2v) is 5.31. The molecule has 0 spiro atoms. The molecule has 2 rings (SSSR count). The van der Waals surface area contributed by atoms with Gasteiger partial charge in [0.2, 0.25) is 12.1 Å². The Balaban J connectivity index is 2.19. The molecule has 0 saturated heterocycles. The molecule has 0 N–H and O–H groups in total. The molecule has 0 aliphatic heterocycles. The minimum absolute atomic E-state index is 0.370. The molecular formula is C15H26N2O4. The summed E-state index contributed by atoms with van der Waals surface area (Å²) in [5.74, 6) is 0.987. The van der Waals surface area contributed by atoms with Gasteiger partial charge in [-0.3, -0.25) is 0 Å². The van der Waals surface area contributed by atoms with Crippen LogP contribution in [-0.4, -0.2) is 30.5 Å². The molecular weight excluding hydrogens is 272 g/mol. The van der Waals surface area contributed by atoms with Crippen molar-refractivity contribution < 1.29 is 18.7 Å². The predicted molar refractivity (Wildman–Crippen MR) is 76.7 cm³/mol. The zero-order chi connectivity index (χ0) is 15.1. The molecule has 0 atom stereocenters. The molecule has 1 aromatic rings. The molecule has 1 saturated carbocycles. The second kappa shape index (κ2) is 7.87. The third-order valence-corrected chi connectivity index (χ3v) is 3.99. The Morgan fingerprint density at radius 3 is 2.24 bits per heavy atom. The fraction of sp³-hybridized carbons (Fsp3) is 0.867. The summed E-state index contributed by atoms with van der Waals surface area (Å²) in [6, 6.07) is 0. The Kier molecular flexibility index (Phi) is 6.14. The van der Waals surface area contributed by atoms with Crippen LogP contribution in [0.4, 0.5) is 0 Å². The number of aromatic nitrogens is 2. The van der Waals surface area contributed by atoms with Gasteiger partial charge in [0.15, 0.2) is 0 Å². The van der Waals surface area contributed by atoms with Crippen molar-refractivity contribution in [1.29, 1.82) is 0 Å². The first-order chi connectivity index (χ1) is 10.3. The molecule has 0 bridgehead atoms. The van der Waals surface area contributed by atoms with E-state index in [4.69, 9.17) is 18.7 Å². The highest BCUT2D eigenvalue weighted by atomic mass is 16.7. The molecule has 0 aromatic carbocycles. The van der Waals surface area contributed by atoms with Crippen LogP contribution in [0.15, 0.2) is 4.52 Å². The highest BCUT2D eigenvalue weighted by Gasteiger charge is 2.38. The van der Waals surface area contributed by atoms with Gasteiger partial charge < -0.3 is 18.7 Å². The second-order valence-electron chi connectivity index (χ2n) is 5.31. The number of rotatable bonds is 7. The van der Waals surface area contributed by atoms with E-state index in [1.54, 1.807) is 7.11 Å². The first-order valence-corrected chi connectivity index (χ1v) is 7.88. The lowest BCUT2D eigenvalue weighted by Crippen LogP contribution is -2.29. The number of nitrogens with zero attached hydrogens (tertiary/aromatic N) is 2. The number of ether oxygens (including phenoxy) is 3. The van der Waals surface area contributed by atoms with Gasteiger partial charge in [0.1, 0.15) is 5.60 Å². The normalized spacial score (nSPS) is 18.9. The van der Waals surface area contributed by atoms with Gasteiger partial charge in [-0.1, -0.05) is 30.8 Å². The van der Waals surface area contributed by atoms with E-state index in [9.17, 15) is 0 Å². The SMILES string of the molecule is CCOC(OCC)c1nc(C2(OC)CCCCCC2)no1. The van der Waals surface area contributed by atoms with E-state index >= 15 is 0 Å². The minimum atomic E-state index is -0.596. The van der Waals surface area contributed by atoms with E-state index in [1.165, 1.54) is 12.8 Å². The van der Waals surface area contributed by atoms with E-state index in [2.05, 4.69) is 10.1 Å². The van der Waals surface area contributed by atoms with Gasteiger partial charge in [0.25, 0.3) is 5.89 Å². The standard InChI is InChI=1S/C15H26N2O4/c1-4-19-13(20-5-2)12-16-14(17-21-12)15(18-3)10-8-6-7-9-11-15/h13H,4-11H2,1-3H3. The minimum Gasteiger partial charge on any atom is -0.370 e. The van der Waals surface area contributed by atoms with Crippen LogP contribution in [0, 0.1) is 0 Å². The maximum Gasteiger partial charge on any atom is 0.283 e. The molecule has 21 heavy (non-hydrogen) atoms. The highest BCUT2D eigenvalue weighted by Crippen LogP contribution is 2.37. The van der Waals surface area contributed by atoms with Gasteiger partial charge in [-0.25, -0.2) is 0 Å². The van der Waals surface area contributed by atoms with Gasteiger partial charge >= 0.3 is 0 Å². The van der Waals surface area contributed by atoms with E-state index in [0.717, 1.165) is 25.7 Å². The van der Waals surface area contributed by atoms with Crippen LogP contribution < -0.4 is 0 Å². The van der Waals surface area contributed by atoms with Crippen molar-refractivity contribution in [2.24, 2.45) is 0 Å². The van der Waals surface area contributed by atoms with E-state index in [0.29, 0.717) is 24.9 Å². The predicted octanol–water partition coefficient (Wildman–Crippen LogP) is 3.34. The van der Waals surface area contributed by atoms with Crippen molar-refractivity contribution in [3.63, 3.8) is 0 Å². The van der Waals surface area contributed by atoms with Crippen LogP contribution >= 0.6 is 0 Å². The molecule has 6 nitrogen and oxygen atoms in total. The summed E-state index contributed by atoms with van der Waals surface area (Å²) in [6.07, 6.45) is 5.97. The average molecular weight is 298 g/mol. The molecule has 0 radical (unpaired) electrons. The van der Waals surface area contributed by atoms with Crippen LogP contribution in [0.25, 0.3) is 0 Å². The van der Waals surface area contributed by atoms with Crippen molar-refractivity contribution in [2.75, 3.05) is 20.3 Å². The van der Waals surface area contributed by atoms with Crippen LogP contribution in [0.3, 0.4) is 0 Å². The molecule has 1 aromatic heterocycles. The van der Waals surface area contributed by atoms with Gasteiger partial charge in [0, 0.05) is 20.3 Å². The van der Waals surface area contributed by atoms with Gasteiger partial charge in [-0.15, -0.1) is 0 Å². The summed E-state index contributed by atoms with van der Waals surface area (Å²) in [7, 11) is 1.73. The van der Waals surface area contributed by atoms with Crippen molar-refractivity contribution >= 4 is 0 Å². The molecule has 1 aliphatic carbocycles. The summed E-state index contributed by atoms with van der Waals surface area (Å²) < 4.78 is 22.2. The highest BCUT2D eigenvalue weighted by molar-refractivity contribution is 5.03. The number of methoxy groups -OCH3 is 1. The zero-order valence-electron chi connectivity index (χ0n) is 13.3. The molecule has 6 heteroatoms. The van der Waals surface area contributed by atoms with E-state index in [-0.39, 0.29) is 0 Å². The number of hydrogen-bond donors (Lipinski definition) is 0. The first kappa shape index (κ1) is 16.4. The smallest absolute Gasteiger partial charge is 0.283 e. The van der Waals surface area contributed by atoms with Crippen LogP contribution in [-0.2, 0) is 19.8 Å². The Morgan fingerprint density at radius 1 is 1.10 bits per heavy atom. The summed E-state index contributed by atoms with van der Waals surface area (Å²) in [4.78, 5) is 4.50. The summed E-state index contributed by atoms with van der Waals surface area (Å²) in [5.41, 5.74) is -0.429.